The van der Waals surface area contributed by atoms with Gasteiger partial charge in [-0.2, -0.15) is 0 Å². The molecule has 0 bridgehead atoms. The van der Waals surface area contributed by atoms with Crippen LogP contribution in [-0.4, -0.2) is 35.4 Å². The van der Waals surface area contributed by atoms with E-state index in [-0.39, 0.29) is 11.3 Å². The second kappa shape index (κ2) is 6.04. The van der Waals surface area contributed by atoms with Gasteiger partial charge in [0.25, 0.3) is 5.91 Å². The quantitative estimate of drug-likeness (QED) is 0.903. The van der Waals surface area contributed by atoms with Crippen molar-refractivity contribution >= 4 is 11.7 Å². The standard InChI is InChI=1S/C17H27N3O/c1-6-9-18-15-11-12(10-14(19-15)17(2,3)4)16(21)20(5)13-7-8-13/h10-11,13H,6-9H2,1-5H3,(H,18,19). The fraction of sp³-hybridized carbons (Fsp3) is 0.647. The minimum atomic E-state index is -0.0723. The van der Waals surface area contributed by atoms with Crippen molar-refractivity contribution in [2.45, 2.75) is 58.4 Å². The predicted octanol–water partition coefficient (Wildman–Crippen LogP) is 3.44. The lowest BCUT2D eigenvalue weighted by atomic mass is 9.90. The largest absolute Gasteiger partial charge is 0.370 e. The van der Waals surface area contributed by atoms with Gasteiger partial charge >= 0.3 is 0 Å². The van der Waals surface area contributed by atoms with Gasteiger partial charge in [0.2, 0.25) is 0 Å². The highest BCUT2D eigenvalue weighted by atomic mass is 16.2. The number of hydrogen-bond donors (Lipinski definition) is 1. The van der Waals surface area contributed by atoms with E-state index in [1.165, 1.54) is 0 Å². The molecule has 0 spiro atoms. The Balaban J connectivity index is 2.31. The van der Waals surface area contributed by atoms with E-state index in [9.17, 15) is 4.79 Å². The number of pyridine rings is 1. The highest BCUT2D eigenvalue weighted by molar-refractivity contribution is 5.95. The summed E-state index contributed by atoms with van der Waals surface area (Å²) in [6.45, 7) is 9.35. The molecule has 1 aromatic heterocycles. The van der Waals surface area contributed by atoms with Gasteiger partial charge in [-0.15, -0.1) is 0 Å². The lowest BCUT2D eigenvalue weighted by Gasteiger charge is -2.22. The van der Waals surface area contributed by atoms with Crippen LogP contribution in [0.1, 0.15) is 63.0 Å². The highest BCUT2D eigenvalue weighted by Gasteiger charge is 2.31. The lowest BCUT2D eigenvalue weighted by Crippen LogP contribution is -2.29. The van der Waals surface area contributed by atoms with Crippen molar-refractivity contribution in [1.82, 2.24) is 9.88 Å². The van der Waals surface area contributed by atoms with Gasteiger partial charge in [-0.1, -0.05) is 27.7 Å². The van der Waals surface area contributed by atoms with Gasteiger partial charge in [-0.3, -0.25) is 4.79 Å². The Labute approximate surface area is 127 Å². The number of nitrogens with one attached hydrogen (secondary N) is 1. The zero-order valence-corrected chi connectivity index (χ0v) is 13.9. The van der Waals surface area contributed by atoms with E-state index in [4.69, 9.17) is 0 Å². The molecule has 116 valence electrons. The van der Waals surface area contributed by atoms with Crippen LogP contribution in [0.15, 0.2) is 12.1 Å². The number of carbonyl (C=O) groups is 1. The molecule has 1 aliphatic rings. The SMILES string of the molecule is CCCNc1cc(C(=O)N(C)C2CC2)cc(C(C)(C)C)n1. The van der Waals surface area contributed by atoms with Crippen molar-refractivity contribution in [3.63, 3.8) is 0 Å². The van der Waals surface area contributed by atoms with Crippen molar-refractivity contribution < 1.29 is 4.79 Å². The Morgan fingerprint density at radius 3 is 2.57 bits per heavy atom. The Morgan fingerprint density at radius 1 is 1.38 bits per heavy atom. The molecular weight excluding hydrogens is 262 g/mol. The minimum Gasteiger partial charge on any atom is -0.370 e. The zero-order chi connectivity index (χ0) is 15.6. The third kappa shape index (κ3) is 3.96. The second-order valence-electron chi connectivity index (χ2n) is 6.95. The normalized spacial score (nSPS) is 14.9. The molecule has 1 aromatic rings. The number of rotatable bonds is 5. The molecule has 0 saturated heterocycles. The first kappa shape index (κ1) is 15.8. The van der Waals surface area contributed by atoms with Gasteiger partial charge < -0.3 is 10.2 Å². The molecule has 1 fully saturated rings. The minimum absolute atomic E-state index is 0.0723. The highest BCUT2D eigenvalue weighted by Crippen LogP contribution is 2.28. The van der Waals surface area contributed by atoms with Crippen molar-refractivity contribution in [1.29, 1.82) is 0 Å². The summed E-state index contributed by atoms with van der Waals surface area (Å²) in [5.74, 6) is 0.904. The maximum Gasteiger partial charge on any atom is 0.254 e. The zero-order valence-electron chi connectivity index (χ0n) is 13.9. The predicted molar refractivity (Wildman–Crippen MR) is 86.8 cm³/mol. The van der Waals surface area contributed by atoms with Crippen molar-refractivity contribution in [3.8, 4) is 0 Å². The first-order valence-corrected chi connectivity index (χ1v) is 7.86. The number of hydrogen-bond acceptors (Lipinski definition) is 3. The Hall–Kier alpha value is -1.58. The topological polar surface area (TPSA) is 45.2 Å². The summed E-state index contributed by atoms with van der Waals surface area (Å²) in [4.78, 5) is 19.1. The van der Waals surface area contributed by atoms with Crippen LogP contribution in [0.5, 0.6) is 0 Å². The van der Waals surface area contributed by atoms with E-state index in [0.717, 1.165) is 42.9 Å². The van der Waals surface area contributed by atoms with Crippen LogP contribution in [-0.2, 0) is 5.41 Å². The molecule has 1 N–H and O–H groups in total. The first-order valence-electron chi connectivity index (χ1n) is 7.86. The number of carbonyl (C=O) groups excluding carboxylic acids is 1. The third-order valence-corrected chi connectivity index (χ3v) is 3.81. The molecule has 2 rings (SSSR count). The molecule has 0 unspecified atom stereocenters. The molecule has 1 heterocycles. The molecule has 4 heteroatoms. The Kier molecular flexibility index (Phi) is 4.55. The van der Waals surface area contributed by atoms with Crippen LogP contribution < -0.4 is 5.32 Å². The number of nitrogens with zero attached hydrogens (tertiary/aromatic N) is 2. The Morgan fingerprint density at radius 2 is 2.05 bits per heavy atom. The summed E-state index contributed by atoms with van der Waals surface area (Å²) < 4.78 is 0. The maximum atomic E-state index is 12.6. The molecule has 4 nitrogen and oxygen atoms in total. The summed E-state index contributed by atoms with van der Waals surface area (Å²) in [6, 6.07) is 4.25. The molecule has 1 saturated carbocycles. The van der Waals surface area contributed by atoms with E-state index < -0.39 is 0 Å². The molecule has 0 aromatic carbocycles. The molecule has 0 radical (unpaired) electrons. The first-order chi connectivity index (χ1) is 9.82. The monoisotopic (exact) mass is 289 g/mol. The van der Waals surface area contributed by atoms with Crippen LogP contribution in [0.2, 0.25) is 0 Å². The van der Waals surface area contributed by atoms with E-state index >= 15 is 0 Å². The van der Waals surface area contributed by atoms with Gasteiger partial charge in [0.1, 0.15) is 5.82 Å². The van der Waals surface area contributed by atoms with Crippen LogP contribution in [0.4, 0.5) is 5.82 Å². The fourth-order valence-corrected chi connectivity index (χ4v) is 2.21. The van der Waals surface area contributed by atoms with Crippen molar-refractivity contribution in [2.75, 3.05) is 18.9 Å². The number of amides is 1. The van der Waals surface area contributed by atoms with Gasteiger partial charge in [0, 0.05) is 36.3 Å². The third-order valence-electron chi connectivity index (χ3n) is 3.81. The Bertz CT molecular complexity index is 515. The molecular formula is C17H27N3O. The van der Waals surface area contributed by atoms with Crippen LogP contribution in [0, 0.1) is 0 Å². The smallest absolute Gasteiger partial charge is 0.254 e. The second-order valence-corrected chi connectivity index (χ2v) is 6.95. The summed E-state index contributed by atoms with van der Waals surface area (Å²) >= 11 is 0. The van der Waals surface area contributed by atoms with Crippen molar-refractivity contribution in [2.24, 2.45) is 0 Å². The van der Waals surface area contributed by atoms with E-state index in [1.54, 1.807) is 0 Å². The van der Waals surface area contributed by atoms with Gasteiger partial charge in [-0.25, -0.2) is 4.98 Å². The van der Waals surface area contributed by atoms with E-state index in [2.05, 4.69) is 38.0 Å². The van der Waals surface area contributed by atoms with Crippen LogP contribution >= 0.6 is 0 Å². The molecule has 0 aliphatic heterocycles. The average molecular weight is 289 g/mol. The summed E-state index contributed by atoms with van der Waals surface area (Å²) in [5, 5.41) is 3.30. The molecule has 21 heavy (non-hydrogen) atoms. The van der Waals surface area contributed by atoms with Crippen molar-refractivity contribution in [3.05, 3.63) is 23.4 Å². The molecule has 1 amide bonds. The number of aromatic nitrogens is 1. The van der Waals surface area contributed by atoms with E-state index in [1.807, 2.05) is 24.1 Å². The van der Waals surface area contributed by atoms with Crippen LogP contribution in [0.25, 0.3) is 0 Å². The van der Waals surface area contributed by atoms with E-state index in [0.29, 0.717) is 6.04 Å². The van der Waals surface area contributed by atoms with Gasteiger partial charge in [0.05, 0.1) is 0 Å². The number of anilines is 1. The average Bonchev–Trinajstić information content (AvgIpc) is 3.26. The maximum absolute atomic E-state index is 12.6. The van der Waals surface area contributed by atoms with Gasteiger partial charge in [0.15, 0.2) is 0 Å². The van der Waals surface area contributed by atoms with Crippen LogP contribution in [0.3, 0.4) is 0 Å². The fourth-order valence-electron chi connectivity index (χ4n) is 2.21. The summed E-state index contributed by atoms with van der Waals surface area (Å²) in [7, 11) is 1.90. The molecule has 0 atom stereocenters. The summed E-state index contributed by atoms with van der Waals surface area (Å²) in [6.07, 6.45) is 3.29. The molecule has 1 aliphatic carbocycles. The lowest BCUT2D eigenvalue weighted by molar-refractivity contribution is 0.0785. The summed E-state index contributed by atoms with van der Waals surface area (Å²) in [5.41, 5.74) is 1.62. The van der Waals surface area contributed by atoms with Gasteiger partial charge in [-0.05, 0) is 31.4 Å².